The first-order valence-corrected chi connectivity index (χ1v) is 10.2. The maximum Gasteiger partial charge on any atom is 0.193 e. The molecule has 0 saturated carbocycles. The fraction of sp³-hybridized carbons (Fsp3) is 0.737. The largest absolute Gasteiger partial charge is 0.357 e. The molecule has 0 amide bonds. The fourth-order valence-electron chi connectivity index (χ4n) is 2.56. The second kappa shape index (κ2) is 15.9. The minimum atomic E-state index is 0. The smallest absolute Gasteiger partial charge is 0.193 e. The van der Waals surface area contributed by atoms with Gasteiger partial charge in [0.1, 0.15) is 0 Å². The van der Waals surface area contributed by atoms with E-state index < -0.39 is 0 Å². The molecular formula is C19H37IN4S. The second-order valence-electron chi connectivity index (χ2n) is 6.56. The molecule has 6 heteroatoms. The maximum atomic E-state index is 4.79. The number of nitrogens with one attached hydrogen (secondary N) is 1. The van der Waals surface area contributed by atoms with E-state index in [1.54, 1.807) is 0 Å². The van der Waals surface area contributed by atoms with Gasteiger partial charge < -0.3 is 15.1 Å². The van der Waals surface area contributed by atoms with Crippen molar-refractivity contribution >= 4 is 41.3 Å². The van der Waals surface area contributed by atoms with Crippen molar-refractivity contribution in [1.29, 1.82) is 0 Å². The van der Waals surface area contributed by atoms with Gasteiger partial charge in [0, 0.05) is 31.6 Å². The van der Waals surface area contributed by atoms with Gasteiger partial charge in [0.2, 0.25) is 0 Å². The number of nitrogens with zero attached hydrogens (tertiary/aromatic N) is 3. The summed E-state index contributed by atoms with van der Waals surface area (Å²) in [5.41, 5.74) is 0. The molecular weight excluding hydrogens is 443 g/mol. The van der Waals surface area contributed by atoms with E-state index in [4.69, 9.17) is 4.99 Å². The predicted molar refractivity (Wildman–Crippen MR) is 124 cm³/mol. The molecule has 0 aliphatic carbocycles. The van der Waals surface area contributed by atoms with E-state index in [0.717, 1.165) is 32.0 Å². The molecule has 0 spiro atoms. The summed E-state index contributed by atoms with van der Waals surface area (Å²) in [7, 11) is 6.42. The monoisotopic (exact) mass is 480 g/mol. The highest BCUT2D eigenvalue weighted by atomic mass is 127. The Labute approximate surface area is 176 Å². The Balaban J connectivity index is 0.00000576. The molecule has 0 atom stereocenters. The Hall–Kier alpha value is -0.340. The third-order valence-corrected chi connectivity index (χ3v) is 4.93. The van der Waals surface area contributed by atoms with E-state index in [1.807, 2.05) is 11.3 Å². The van der Waals surface area contributed by atoms with Crippen molar-refractivity contribution in [2.45, 2.75) is 45.4 Å². The highest BCUT2D eigenvalue weighted by Gasteiger charge is 2.05. The zero-order valence-corrected chi connectivity index (χ0v) is 19.6. The van der Waals surface area contributed by atoms with Gasteiger partial charge in [0.15, 0.2) is 5.96 Å². The van der Waals surface area contributed by atoms with Crippen LogP contribution in [0.25, 0.3) is 0 Å². The Kier molecular flexibility index (Phi) is 15.7. The van der Waals surface area contributed by atoms with E-state index in [1.165, 1.54) is 43.5 Å². The minimum Gasteiger partial charge on any atom is -0.357 e. The number of hydrogen-bond acceptors (Lipinski definition) is 3. The molecule has 1 N–H and O–H groups in total. The Bertz CT molecular complexity index is 435. The van der Waals surface area contributed by atoms with Crippen LogP contribution in [0, 0.1) is 0 Å². The first-order valence-electron chi connectivity index (χ1n) is 9.30. The van der Waals surface area contributed by atoms with Crippen LogP contribution in [0.3, 0.4) is 0 Å². The molecule has 4 nitrogen and oxygen atoms in total. The molecule has 1 heterocycles. The SMILES string of the molecule is CCNC(=NCCCCCCCN(C)C)N(C)CCc1cccs1.I. The summed E-state index contributed by atoms with van der Waals surface area (Å²) < 4.78 is 0. The van der Waals surface area contributed by atoms with Crippen LogP contribution in [0.5, 0.6) is 0 Å². The third kappa shape index (κ3) is 12.6. The van der Waals surface area contributed by atoms with Crippen LogP contribution in [0.1, 0.15) is 43.9 Å². The first-order chi connectivity index (χ1) is 11.6. The molecule has 25 heavy (non-hydrogen) atoms. The normalized spacial score (nSPS) is 11.5. The average molecular weight is 481 g/mol. The van der Waals surface area contributed by atoms with Crippen LogP contribution in [-0.4, -0.2) is 63.1 Å². The second-order valence-corrected chi connectivity index (χ2v) is 7.59. The molecule has 0 aromatic carbocycles. The molecule has 0 radical (unpaired) electrons. The van der Waals surface area contributed by atoms with Gasteiger partial charge in [0.05, 0.1) is 0 Å². The van der Waals surface area contributed by atoms with Crippen LogP contribution >= 0.6 is 35.3 Å². The van der Waals surface area contributed by atoms with Gasteiger partial charge in [-0.15, -0.1) is 35.3 Å². The lowest BCUT2D eigenvalue weighted by Crippen LogP contribution is -2.40. The van der Waals surface area contributed by atoms with Gasteiger partial charge in [-0.2, -0.15) is 0 Å². The van der Waals surface area contributed by atoms with Gasteiger partial charge in [-0.3, -0.25) is 4.99 Å². The van der Waals surface area contributed by atoms with Crippen molar-refractivity contribution in [3.05, 3.63) is 22.4 Å². The van der Waals surface area contributed by atoms with Gasteiger partial charge in [-0.1, -0.05) is 25.3 Å². The number of likely N-dealkylation sites (N-methyl/N-ethyl adjacent to an activating group) is 1. The summed E-state index contributed by atoms with van der Waals surface area (Å²) in [4.78, 5) is 10.7. The molecule has 146 valence electrons. The summed E-state index contributed by atoms with van der Waals surface area (Å²) in [6.07, 6.45) is 7.54. The van der Waals surface area contributed by atoms with Gasteiger partial charge in [-0.25, -0.2) is 0 Å². The molecule has 0 unspecified atom stereocenters. The fourth-order valence-corrected chi connectivity index (χ4v) is 3.26. The molecule has 0 saturated heterocycles. The van der Waals surface area contributed by atoms with Gasteiger partial charge in [-0.05, 0) is 58.3 Å². The number of guanidine groups is 1. The van der Waals surface area contributed by atoms with Gasteiger partial charge >= 0.3 is 0 Å². The lowest BCUT2D eigenvalue weighted by atomic mass is 10.1. The molecule has 0 fully saturated rings. The van der Waals surface area contributed by atoms with Crippen LogP contribution in [0.4, 0.5) is 0 Å². The molecule has 1 rings (SSSR count). The Morgan fingerprint density at radius 2 is 1.80 bits per heavy atom. The average Bonchev–Trinajstić information content (AvgIpc) is 3.07. The van der Waals surface area contributed by atoms with Crippen molar-refractivity contribution in [2.75, 3.05) is 47.3 Å². The Morgan fingerprint density at radius 1 is 1.08 bits per heavy atom. The predicted octanol–water partition coefficient (Wildman–Crippen LogP) is 4.32. The van der Waals surface area contributed by atoms with Crippen LogP contribution < -0.4 is 5.32 Å². The maximum absolute atomic E-state index is 4.79. The van der Waals surface area contributed by atoms with Crippen LogP contribution in [-0.2, 0) is 6.42 Å². The number of hydrogen-bond donors (Lipinski definition) is 1. The zero-order valence-electron chi connectivity index (χ0n) is 16.5. The number of aliphatic imine (C=N–C) groups is 1. The lowest BCUT2D eigenvalue weighted by Gasteiger charge is -2.21. The molecule has 1 aromatic rings. The summed E-state index contributed by atoms with van der Waals surface area (Å²) in [6, 6.07) is 4.33. The van der Waals surface area contributed by atoms with E-state index in [-0.39, 0.29) is 24.0 Å². The lowest BCUT2D eigenvalue weighted by molar-refractivity contribution is 0.390. The van der Waals surface area contributed by atoms with Crippen molar-refractivity contribution in [1.82, 2.24) is 15.1 Å². The topological polar surface area (TPSA) is 30.9 Å². The number of thiophene rings is 1. The quantitative estimate of drug-likeness (QED) is 0.209. The van der Waals surface area contributed by atoms with E-state index in [9.17, 15) is 0 Å². The van der Waals surface area contributed by atoms with E-state index in [0.29, 0.717) is 0 Å². The summed E-state index contributed by atoms with van der Waals surface area (Å²) in [5, 5.41) is 5.56. The third-order valence-electron chi connectivity index (χ3n) is 4.00. The van der Waals surface area contributed by atoms with Crippen molar-refractivity contribution < 1.29 is 0 Å². The summed E-state index contributed by atoms with van der Waals surface area (Å²) in [6.45, 7) is 6.20. The Morgan fingerprint density at radius 3 is 2.44 bits per heavy atom. The number of rotatable bonds is 12. The first kappa shape index (κ1) is 24.7. The number of unbranched alkanes of at least 4 members (excludes halogenated alkanes) is 4. The van der Waals surface area contributed by atoms with E-state index in [2.05, 4.69) is 60.7 Å². The van der Waals surface area contributed by atoms with Crippen molar-refractivity contribution in [3.8, 4) is 0 Å². The molecule has 0 aliphatic rings. The molecule has 0 bridgehead atoms. The van der Waals surface area contributed by atoms with Gasteiger partial charge in [0.25, 0.3) is 0 Å². The highest BCUT2D eigenvalue weighted by Crippen LogP contribution is 2.09. The van der Waals surface area contributed by atoms with Crippen molar-refractivity contribution in [2.24, 2.45) is 4.99 Å². The van der Waals surface area contributed by atoms with E-state index >= 15 is 0 Å². The molecule has 1 aromatic heterocycles. The standard InChI is InChI=1S/C19H36N4S.HI/c1-5-20-19(23(4)16-13-18-12-11-17-24-18)21-14-9-7-6-8-10-15-22(2)3;/h11-12,17H,5-10,13-16H2,1-4H3,(H,20,21);1H. The van der Waals surface area contributed by atoms with Crippen LogP contribution in [0.15, 0.2) is 22.5 Å². The summed E-state index contributed by atoms with van der Waals surface area (Å²) in [5.74, 6) is 1.04. The zero-order chi connectivity index (χ0) is 17.6. The minimum absolute atomic E-state index is 0. The highest BCUT2D eigenvalue weighted by molar-refractivity contribution is 14.0. The van der Waals surface area contributed by atoms with Crippen LogP contribution in [0.2, 0.25) is 0 Å². The summed E-state index contributed by atoms with van der Waals surface area (Å²) >= 11 is 1.83. The molecule has 0 aliphatic heterocycles. The van der Waals surface area contributed by atoms with Crippen molar-refractivity contribution in [3.63, 3.8) is 0 Å². The number of halogens is 1.